The summed E-state index contributed by atoms with van der Waals surface area (Å²) >= 11 is 10.1. The van der Waals surface area contributed by atoms with Gasteiger partial charge in [0, 0.05) is 0 Å². The summed E-state index contributed by atoms with van der Waals surface area (Å²) in [5.41, 5.74) is -2.50. The molecule has 70 valence electrons. The number of carbonyl (C=O) groups excluding carboxylic acids is 2. The van der Waals surface area contributed by atoms with E-state index in [9.17, 15) is 14.0 Å². The minimum Gasteiger partial charge on any atom is -0.280 e. The molecular formula is C8H5Cl2FO2. The zero-order valence-electron chi connectivity index (χ0n) is 6.34. The number of halogens is 3. The van der Waals surface area contributed by atoms with Crippen LogP contribution in [0.25, 0.3) is 0 Å². The first-order valence-electron chi connectivity index (χ1n) is 3.42. The summed E-state index contributed by atoms with van der Waals surface area (Å²) in [6, 6.07) is 0. The third kappa shape index (κ3) is 1.81. The highest BCUT2D eigenvalue weighted by molar-refractivity contribution is 6.68. The van der Waals surface area contributed by atoms with Gasteiger partial charge in [-0.3, -0.25) is 9.59 Å². The molecule has 1 rings (SSSR count). The van der Waals surface area contributed by atoms with Crippen LogP contribution in [-0.4, -0.2) is 16.2 Å². The lowest BCUT2D eigenvalue weighted by molar-refractivity contribution is -0.127. The van der Waals surface area contributed by atoms with Crippen LogP contribution in [0, 0.1) is 5.92 Å². The topological polar surface area (TPSA) is 34.1 Å². The van der Waals surface area contributed by atoms with Crippen molar-refractivity contribution in [2.45, 2.75) is 5.67 Å². The molecule has 0 radical (unpaired) electrons. The van der Waals surface area contributed by atoms with Gasteiger partial charge in [0.05, 0.1) is 5.92 Å². The first-order valence-corrected chi connectivity index (χ1v) is 4.18. The molecule has 0 N–H and O–H groups in total. The molecular weight excluding hydrogens is 218 g/mol. The quantitative estimate of drug-likeness (QED) is 0.670. The molecule has 0 spiro atoms. The van der Waals surface area contributed by atoms with Crippen molar-refractivity contribution < 1.29 is 14.0 Å². The third-order valence-corrected chi connectivity index (χ3v) is 2.28. The van der Waals surface area contributed by atoms with Crippen LogP contribution in [0.4, 0.5) is 4.39 Å². The number of carbonyl (C=O) groups is 2. The third-order valence-electron chi connectivity index (χ3n) is 1.75. The van der Waals surface area contributed by atoms with Crippen molar-refractivity contribution in [1.82, 2.24) is 0 Å². The Morgan fingerprint density at radius 2 is 1.92 bits per heavy atom. The van der Waals surface area contributed by atoms with Gasteiger partial charge in [0.15, 0.2) is 0 Å². The van der Waals surface area contributed by atoms with Crippen LogP contribution in [0.3, 0.4) is 0 Å². The van der Waals surface area contributed by atoms with E-state index in [1.807, 2.05) is 0 Å². The van der Waals surface area contributed by atoms with Crippen LogP contribution in [0.2, 0.25) is 0 Å². The summed E-state index contributed by atoms with van der Waals surface area (Å²) in [6.07, 6.45) is 4.86. The summed E-state index contributed by atoms with van der Waals surface area (Å²) in [5, 5.41) is -2.19. The average Bonchev–Trinajstić information content (AvgIpc) is 2.04. The molecule has 2 unspecified atom stereocenters. The van der Waals surface area contributed by atoms with Crippen molar-refractivity contribution >= 4 is 33.7 Å². The van der Waals surface area contributed by atoms with Gasteiger partial charge in [-0.2, -0.15) is 0 Å². The van der Waals surface area contributed by atoms with Crippen molar-refractivity contribution in [1.29, 1.82) is 0 Å². The number of rotatable bonds is 2. The lowest BCUT2D eigenvalue weighted by atomic mass is 9.87. The Morgan fingerprint density at radius 1 is 1.31 bits per heavy atom. The van der Waals surface area contributed by atoms with Crippen LogP contribution < -0.4 is 0 Å². The summed E-state index contributed by atoms with van der Waals surface area (Å²) in [6.45, 7) is 0. The predicted molar refractivity (Wildman–Crippen MR) is 47.3 cm³/mol. The van der Waals surface area contributed by atoms with Crippen LogP contribution in [0.5, 0.6) is 0 Å². The monoisotopic (exact) mass is 222 g/mol. The van der Waals surface area contributed by atoms with E-state index in [2.05, 4.69) is 0 Å². The number of hydrogen-bond acceptors (Lipinski definition) is 2. The summed E-state index contributed by atoms with van der Waals surface area (Å²) < 4.78 is 13.7. The maximum absolute atomic E-state index is 13.7. The molecule has 1 aliphatic rings. The second kappa shape index (κ2) is 3.60. The van der Waals surface area contributed by atoms with Gasteiger partial charge in [0.25, 0.3) is 5.24 Å². The van der Waals surface area contributed by atoms with Gasteiger partial charge in [0.2, 0.25) is 10.9 Å². The normalized spacial score (nSPS) is 31.8. The van der Waals surface area contributed by atoms with Gasteiger partial charge in [-0.15, -0.1) is 0 Å². The highest BCUT2D eigenvalue weighted by atomic mass is 35.5. The molecule has 13 heavy (non-hydrogen) atoms. The van der Waals surface area contributed by atoms with E-state index in [0.29, 0.717) is 0 Å². The van der Waals surface area contributed by atoms with E-state index in [-0.39, 0.29) is 0 Å². The number of hydrogen-bond donors (Lipinski definition) is 0. The largest absolute Gasteiger partial charge is 0.280 e. The standard InChI is InChI=1S/C8H5Cl2FO2/c9-6(12)5-3-1-2-4-8(5,11)7(10)13/h1-5H. The minimum atomic E-state index is -2.50. The van der Waals surface area contributed by atoms with Gasteiger partial charge in [-0.1, -0.05) is 18.2 Å². The van der Waals surface area contributed by atoms with Crippen molar-refractivity contribution in [3.8, 4) is 0 Å². The lowest BCUT2D eigenvalue weighted by Crippen LogP contribution is -2.40. The van der Waals surface area contributed by atoms with Crippen LogP contribution in [0.1, 0.15) is 0 Å². The number of allylic oxidation sites excluding steroid dienone is 4. The number of alkyl halides is 1. The fraction of sp³-hybridized carbons (Fsp3) is 0.250. The molecule has 2 atom stereocenters. The zero-order chi connectivity index (χ0) is 10.1. The van der Waals surface area contributed by atoms with E-state index < -0.39 is 22.1 Å². The van der Waals surface area contributed by atoms with E-state index in [1.54, 1.807) is 0 Å². The van der Waals surface area contributed by atoms with Gasteiger partial charge in [-0.05, 0) is 29.3 Å². The average molecular weight is 223 g/mol. The molecule has 0 aliphatic heterocycles. The fourth-order valence-electron chi connectivity index (χ4n) is 1.04. The molecule has 2 nitrogen and oxygen atoms in total. The summed E-state index contributed by atoms with van der Waals surface area (Å²) in [4.78, 5) is 21.5. The Hall–Kier alpha value is -0.670. The first-order chi connectivity index (χ1) is 5.98. The maximum Gasteiger partial charge on any atom is 0.264 e. The van der Waals surface area contributed by atoms with Gasteiger partial charge >= 0.3 is 0 Å². The van der Waals surface area contributed by atoms with Gasteiger partial charge in [0.1, 0.15) is 0 Å². The molecule has 5 heteroatoms. The second-order valence-electron chi connectivity index (χ2n) is 2.57. The van der Waals surface area contributed by atoms with E-state index >= 15 is 0 Å². The molecule has 0 saturated carbocycles. The molecule has 0 aromatic heterocycles. The SMILES string of the molecule is O=C(Cl)C1C=CC=CC1(F)C(=O)Cl. The summed E-state index contributed by atoms with van der Waals surface area (Å²) in [7, 11) is 0. The Balaban J connectivity index is 3.07. The van der Waals surface area contributed by atoms with Gasteiger partial charge < -0.3 is 0 Å². The van der Waals surface area contributed by atoms with E-state index in [4.69, 9.17) is 23.2 Å². The first kappa shape index (κ1) is 10.4. The molecule has 1 aliphatic carbocycles. The van der Waals surface area contributed by atoms with Crippen LogP contribution in [0.15, 0.2) is 24.3 Å². The van der Waals surface area contributed by atoms with Gasteiger partial charge in [-0.25, -0.2) is 4.39 Å². The Labute approximate surface area is 84.0 Å². The van der Waals surface area contributed by atoms with Crippen molar-refractivity contribution in [3.05, 3.63) is 24.3 Å². The van der Waals surface area contributed by atoms with Crippen LogP contribution in [-0.2, 0) is 9.59 Å². The molecule has 0 amide bonds. The fourth-order valence-corrected chi connectivity index (χ4v) is 1.46. The zero-order valence-corrected chi connectivity index (χ0v) is 7.85. The summed E-state index contributed by atoms with van der Waals surface area (Å²) in [5.74, 6) is -1.33. The molecule has 0 heterocycles. The minimum absolute atomic E-state index is 0.924. The Bertz CT molecular complexity index is 311. The Morgan fingerprint density at radius 3 is 2.31 bits per heavy atom. The molecule has 0 aromatic carbocycles. The molecule has 0 aromatic rings. The second-order valence-corrected chi connectivity index (χ2v) is 3.28. The van der Waals surface area contributed by atoms with Crippen molar-refractivity contribution in [2.24, 2.45) is 5.92 Å². The van der Waals surface area contributed by atoms with Crippen molar-refractivity contribution in [3.63, 3.8) is 0 Å². The molecule has 0 bridgehead atoms. The highest BCUT2D eigenvalue weighted by Crippen LogP contribution is 2.32. The Kier molecular flexibility index (Phi) is 2.88. The van der Waals surface area contributed by atoms with Crippen molar-refractivity contribution in [2.75, 3.05) is 0 Å². The molecule has 0 fully saturated rings. The van der Waals surface area contributed by atoms with E-state index in [0.717, 1.165) is 6.08 Å². The van der Waals surface area contributed by atoms with Crippen LogP contribution >= 0.6 is 23.2 Å². The highest BCUT2D eigenvalue weighted by Gasteiger charge is 2.46. The maximum atomic E-state index is 13.7. The van der Waals surface area contributed by atoms with E-state index in [1.165, 1.54) is 18.2 Å². The lowest BCUT2D eigenvalue weighted by Gasteiger charge is -2.24. The predicted octanol–water partition coefficient (Wildman–Crippen LogP) is 1.97. The molecule has 0 saturated heterocycles. The smallest absolute Gasteiger partial charge is 0.264 e.